The van der Waals surface area contributed by atoms with Gasteiger partial charge in [-0.25, -0.2) is 4.98 Å². The molecule has 2 amide bonds. The Balaban J connectivity index is 1.46. The van der Waals surface area contributed by atoms with Crippen LogP contribution < -0.4 is 10.6 Å². The normalized spacial score (nSPS) is 10.7. The van der Waals surface area contributed by atoms with Crippen LogP contribution in [-0.4, -0.2) is 34.1 Å². The Labute approximate surface area is 187 Å². The van der Waals surface area contributed by atoms with Crippen molar-refractivity contribution in [2.45, 2.75) is 39.3 Å². The van der Waals surface area contributed by atoms with Crippen molar-refractivity contribution in [2.75, 3.05) is 17.6 Å². The number of thioether (sulfide) groups is 1. The summed E-state index contributed by atoms with van der Waals surface area (Å²) in [7, 11) is 0. The molecule has 1 heterocycles. The fraction of sp³-hybridized carbons (Fsp3) is 0.292. The summed E-state index contributed by atoms with van der Waals surface area (Å²) in [6.07, 6.45) is 0.744. The summed E-state index contributed by atoms with van der Waals surface area (Å²) in [4.78, 5) is 32.3. The molecular formula is C24H28N4O2S. The average molecular weight is 437 g/mol. The van der Waals surface area contributed by atoms with Gasteiger partial charge in [0.15, 0.2) is 5.16 Å². The Hall–Kier alpha value is -3.06. The molecule has 0 aliphatic rings. The minimum Gasteiger partial charge on any atom is -0.346 e. The number of imidazole rings is 1. The van der Waals surface area contributed by atoms with E-state index in [-0.39, 0.29) is 24.1 Å². The van der Waals surface area contributed by atoms with E-state index in [9.17, 15) is 9.59 Å². The van der Waals surface area contributed by atoms with E-state index < -0.39 is 0 Å². The van der Waals surface area contributed by atoms with Gasteiger partial charge < -0.3 is 15.6 Å². The van der Waals surface area contributed by atoms with E-state index in [2.05, 4.69) is 32.7 Å². The van der Waals surface area contributed by atoms with Crippen LogP contribution in [0.15, 0.2) is 47.6 Å². The van der Waals surface area contributed by atoms with Crippen LogP contribution in [-0.2, 0) is 16.0 Å². The number of aromatic amines is 1. The van der Waals surface area contributed by atoms with Gasteiger partial charge in [0, 0.05) is 17.8 Å². The topological polar surface area (TPSA) is 86.9 Å². The molecule has 3 aromatic rings. The van der Waals surface area contributed by atoms with Crippen molar-refractivity contribution in [1.82, 2.24) is 15.3 Å². The first-order valence-corrected chi connectivity index (χ1v) is 11.2. The highest BCUT2D eigenvalue weighted by molar-refractivity contribution is 7.99. The Kier molecular flexibility index (Phi) is 7.52. The lowest BCUT2D eigenvalue weighted by Gasteiger charge is -2.13. The second-order valence-electron chi connectivity index (χ2n) is 7.66. The average Bonchev–Trinajstić information content (AvgIpc) is 3.07. The molecule has 3 rings (SSSR count). The van der Waals surface area contributed by atoms with Crippen molar-refractivity contribution in [2.24, 2.45) is 0 Å². The van der Waals surface area contributed by atoms with E-state index >= 15 is 0 Å². The van der Waals surface area contributed by atoms with E-state index in [0.717, 1.165) is 40.2 Å². The van der Waals surface area contributed by atoms with Crippen LogP contribution >= 0.6 is 11.8 Å². The van der Waals surface area contributed by atoms with Gasteiger partial charge in [-0.05, 0) is 44.4 Å². The lowest BCUT2D eigenvalue weighted by atomic mass is 10.1. The fourth-order valence-electron chi connectivity index (χ4n) is 3.42. The number of aromatic nitrogens is 2. The molecule has 6 nitrogen and oxygen atoms in total. The SMILES string of the molecule is Cc1cc(C)c(NC(=O)CNC(=O)CSc2nc(Cc3ccccc3)c(C)[nH]2)c(C)c1. The van der Waals surface area contributed by atoms with Crippen molar-refractivity contribution >= 4 is 29.3 Å². The number of nitrogens with one attached hydrogen (secondary N) is 3. The first-order valence-electron chi connectivity index (χ1n) is 10.2. The van der Waals surface area contributed by atoms with Gasteiger partial charge in [-0.1, -0.05) is 59.8 Å². The Morgan fingerprint density at radius 1 is 1.00 bits per heavy atom. The summed E-state index contributed by atoms with van der Waals surface area (Å²) in [5.74, 6) is -0.267. The number of benzene rings is 2. The summed E-state index contributed by atoms with van der Waals surface area (Å²) in [6, 6.07) is 14.2. The third-order valence-corrected chi connectivity index (χ3v) is 5.78. The van der Waals surface area contributed by atoms with Gasteiger partial charge in [-0.3, -0.25) is 9.59 Å². The molecule has 31 heavy (non-hydrogen) atoms. The molecule has 162 valence electrons. The maximum atomic E-state index is 12.3. The summed E-state index contributed by atoms with van der Waals surface area (Å²) in [5, 5.41) is 6.26. The molecule has 7 heteroatoms. The van der Waals surface area contributed by atoms with Gasteiger partial charge in [0.05, 0.1) is 18.0 Å². The summed E-state index contributed by atoms with van der Waals surface area (Å²) in [6.45, 7) is 7.86. The molecular weight excluding hydrogens is 408 g/mol. The number of nitrogens with zero attached hydrogens (tertiary/aromatic N) is 1. The van der Waals surface area contributed by atoms with Gasteiger partial charge in [0.2, 0.25) is 11.8 Å². The molecule has 0 atom stereocenters. The zero-order valence-electron chi connectivity index (χ0n) is 18.3. The van der Waals surface area contributed by atoms with Gasteiger partial charge in [-0.2, -0.15) is 0 Å². The molecule has 0 bridgehead atoms. The smallest absolute Gasteiger partial charge is 0.243 e. The zero-order chi connectivity index (χ0) is 22.4. The molecule has 0 aliphatic heterocycles. The van der Waals surface area contributed by atoms with E-state index in [1.165, 1.54) is 17.3 Å². The largest absolute Gasteiger partial charge is 0.346 e. The van der Waals surface area contributed by atoms with Crippen LogP contribution in [0.1, 0.15) is 33.6 Å². The molecule has 0 spiro atoms. The first kappa shape index (κ1) is 22.6. The predicted molar refractivity (Wildman–Crippen MR) is 126 cm³/mol. The molecule has 0 saturated carbocycles. The van der Waals surface area contributed by atoms with Crippen molar-refractivity contribution in [3.63, 3.8) is 0 Å². The minimum absolute atomic E-state index is 0.0669. The summed E-state index contributed by atoms with van der Waals surface area (Å²) in [5.41, 5.74) is 7.12. The molecule has 0 aliphatic carbocycles. The maximum absolute atomic E-state index is 12.3. The van der Waals surface area contributed by atoms with Gasteiger partial charge in [0.1, 0.15) is 0 Å². The highest BCUT2D eigenvalue weighted by atomic mass is 32.2. The summed E-state index contributed by atoms with van der Waals surface area (Å²) >= 11 is 1.33. The highest BCUT2D eigenvalue weighted by Crippen LogP contribution is 2.22. The standard InChI is InChI=1S/C24H28N4O2S/c1-15-10-16(2)23(17(3)11-15)28-21(29)13-25-22(30)14-31-24-26-18(4)20(27-24)12-19-8-6-5-7-9-19/h5-11H,12-14H2,1-4H3,(H,25,30)(H,26,27)(H,28,29). The molecule has 0 radical (unpaired) electrons. The first-order chi connectivity index (χ1) is 14.8. The fourth-order valence-corrected chi connectivity index (χ4v) is 4.19. The lowest BCUT2D eigenvalue weighted by Crippen LogP contribution is -2.34. The molecule has 0 unspecified atom stereocenters. The van der Waals surface area contributed by atoms with Crippen LogP contribution in [0.5, 0.6) is 0 Å². The second kappa shape index (κ2) is 10.3. The number of carbonyl (C=O) groups is 2. The second-order valence-corrected chi connectivity index (χ2v) is 8.63. The van der Waals surface area contributed by atoms with Gasteiger partial charge in [-0.15, -0.1) is 0 Å². The van der Waals surface area contributed by atoms with Crippen molar-refractivity contribution in [3.8, 4) is 0 Å². The molecule has 3 N–H and O–H groups in total. The Morgan fingerprint density at radius 3 is 2.35 bits per heavy atom. The zero-order valence-corrected chi connectivity index (χ0v) is 19.2. The van der Waals surface area contributed by atoms with Crippen LogP contribution in [0.3, 0.4) is 0 Å². The quantitative estimate of drug-likeness (QED) is 0.465. The Bertz CT molecular complexity index is 1050. The summed E-state index contributed by atoms with van der Waals surface area (Å²) < 4.78 is 0. The number of rotatable bonds is 8. The third-order valence-electron chi connectivity index (χ3n) is 4.91. The third kappa shape index (κ3) is 6.46. The molecule has 2 aromatic carbocycles. The predicted octanol–water partition coefficient (Wildman–Crippen LogP) is 4.08. The van der Waals surface area contributed by atoms with E-state index in [1.807, 2.05) is 58.0 Å². The van der Waals surface area contributed by atoms with Crippen molar-refractivity contribution < 1.29 is 9.59 Å². The van der Waals surface area contributed by atoms with Crippen LogP contribution in [0.25, 0.3) is 0 Å². The molecule has 0 saturated heterocycles. The monoisotopic (exact) mass is 436 g/mol. The number of carbonyl (C=O) groups excluding carboxylic acids is 2. The van der Waals surface area contributed by atoms with E-state index in [1.54, 1.807) is 0 Å². The van der Waals surface area contributed by atoms with Crippen LogP contribution in [0.4, 0.5) is 5.69 Å². The number of hydrogen-bond donors (Lipinski definition) is 3. The molecule has 0 fully saturated rings. The van der Waals surface area contributed by atoms with Gasteiger partial charge >= 0.3 is 0 Å². The van der Waals surface area contributed by atoms with E-state index in [0.29, 0.717) is 5.16 Å². The van der Waals surface area contributed by atoms with Crippen molar-refractivity contribution in [3.05, 3.63) is 76.1 Å². The number of H-pyrrole nitrogens is 1. The van der Waals surface area contributed by atoms with Crippen LogP contribution in [0, 0.1) is 27.7 Å². The van der Waals surface area contributed by atoms with Crippen molar-refractivity contribution in [1.29, 1.82) is 0 Å². The number of amides is 2. The minimum atomic E-state index is -0.243. The number of hydrogen-bond acceptors (Lipinski definition) is 4. The van der Waals surface area contributed by atoms with Gasteiger partial charge in [0.25, 0.3) is 0 Å². The van der Waals surface area contributed by atoms with E-state index in [4.69, 9.17) is 0 Å². The Morgan fingerprint density at radius 2 is 1.68 bits per heavy atom. The molecule has 1 aromatic heterocycles. The highest BCUT2D eigenvalue weighted by Gasteiger charge is 2.12. The lowest BCUT2D eigenvalue weighted by molar-refractivity contribution is -0.122. The van der Waals surface area contributed by atoms with Crippen LogP contribution in [0.2, 0.25) is 0 Å². The maximum Gasteiger partial charge on any atom is 0.243 e. The number of aryl methyl sites for hydroxylation is 4. The number of anilines is 1.